The molecule has 1 aliphatic heterocycles. The molecule has 4 nitrogen and oxygen atoms in total. The molecule has 0 amide bonds. The highest BCUT2D eigenvalue weighted by atomic mass is 16.7. The highest BCUT2D eigenvalue weighted by Crippen LogP contribution is 2.36. The Hall–Kier alpha value is -2.24. The summed E-state index contributed by atoms with van der Waals surface area (Å²) in [5.74, 6) is 0.793. The second-order valence-electron chi connectivity index (χ2n) is 7.84. The molecule has 0 unspecified atom stereocenters. The fourth-order valence-corrected chi connectivity index (χ4v) is 3.17. The van der Waals surface area contributed by atoms with Crippen LogP contribution in [-0.2, 0) is 15.7 Å². The third-order valence-corrected chi connectivity index (χ3v) is 5.48. The van der Waals surface area contributed by atoms with Crippen LogP contribution in [0.3, 0.4) is 0 Å². The van der Waals surface area contributed by atoms with Crippen molar-refractivity contribution in [3.63, 3.8) is 0 Å². The van der Waals surface area contributed by atoms with Gasteiger partial charge in [-0.2, -0.15) is 0 Å². The molecule has 1 saturated heterocycles. The first kappa shape index (κ1) is 17.2. The van der Waals surface area contributed by atoms with Crippen LogP contribution in [0.5, 0.6) is 0 Å². The molecule has 5 heteroatoms. The van der Waals surface area contributed by atoms with Crippen molar-refractivity contribution in [2.75, 3.05) is 0 Å². The van der Waals surface area contributed by atoms with Gasteiger partial charge in [0.05, 0.1) is 11.2 Å². The van der Waals surface area contributed by atoms with Crippen molar-refractivity contribution >= 4 is 23.4 Å². The molecule has 0 radical (unpaired) electrons. The Kier molecular flexibility index (Phi) is 4.09. The Bertz CT molecular complexity index is 917. The van der Waals surface area contributed by atoms with Crippen molar-refractivity contribution in [2.45, 2.75) is 45.3 Å². The Morgan fingerprint density at radius 3 is 2.15 bits per heavy atom. The van der Waals surface area contributed by atoms with E-state index in [0.29, 0.717) is 6.42 Å². The number of rotatable bonds is 3. The Balaban J connectivity index is 1.55. The quantitative estimate of drug-likeness (QED) is 0.681. The highest BCUT2D eigenvalue weighted by molar-refractivity contribution is 6.61. The van der Waals surface area contributed by atoms with Gasteiger partial charge in [-0.3, -0.25) is 0 Å². The molecule has 26 heavy (non-hydrogen) atoms. The van der Waals surface area contributed by atoms with Crippen molar-refractivity contribution in [1.29, 1.82) is 0 Å². The molecular formula is C21H23BN2O2. The van der Waals surface area contributed by atoms with E-state index in [2.05, 4.69) is 52.4 Å². The van der Waals surface area contributed by atoms with Crippen LogP contribution >= 0.6 is 0 Å². The number of nitrogens with zero attached hydrogens (tertiary/aromatic N) is 2. The SMILES string of the molecule is CC1(C)OB(c2cnc(Cc3cccc4ccccc34)nc2)OC1(C)C. The van der Waals surface area contributed by atoms with E-state index >= 15 is 0 Å². The summed E-state index contributed by atoms with van der Waals surface area (Å²) >= 11 is 0. The second-order valence-corrected chi connectivity index (χ2v) is 7.84. The standard InChI is InChI=1S/C21H23BN2O2/c1-20(2)21(3,4)26-22(25-20)17-13-23-19(24-14-17)12-16-10-7-9-15-8-5-6-11-18(15)16/h5-11,13-14H,12H2,1-4H3. The number of aromatic nitrogens is 2. The van der Waals surface area contributed by atoms with E-state index in [9.17, 15) is 0 Å². The van der Waals surface area contributed by atoms with Gasteiger partial charge in [0.2, 0.25) is 0 Å². The van der Waals surface area contributed by atoms with Crippen molar-refractivity contribution in [3.05, 3.63) is 66.2 Å². The Labute approximate surface area is 154 Å². The molecule has 0 bridgehead atoms. The normalized spacial score (nSPS) is 18.4. The average molecular weight is 346 g/mol. The molecular weight excluding hydrogens is 323 g/mol. The van der Waals surface area contributed by atoms with Crippen LogP contribution in [0.15, 0.2) is 54.9 Å². The van der Waals surface area contributed by atoms with Crippen LogP contribution in [0.2, 0.25) is 0 Å². The van der Waals surface area contributed by atoms with Gasteiger partial charge in [-0.05, 0) is 44.0 Å². The summed E-state index contributed by atoms with van der Waals surface area (Å²) in [7, 11) is -0.424. The van der Waals surface area contributed by atoms with Crippen LogP contribution in [0.4, 0.5) is 0 Å². The van der Waals surface area contributed by atoms with E-state index in [0.717, 1.165) is 11.3 Å². The van der Waals surface area contributed by atoms with Crippen LogP contribution in [0.25, 0.3) is 10.8 Å². The predicted molar refractivity (Wildman–Crippen MR) is 105 cm³/mol. The third-order valence-electron chi connectivity index (χ3n) is 5.48. The third kappa shape index (κ3) is 3.02. The molecule has 0 spiro atoms. The summed E-state index contributed by atoms with van der Waals surface area (Å²) < 4.78 is 12.1. The van der Waals surface area contributed by atoms with Gasteiger partial charge in [0.25, 0.3) is 0 Å². The minimum atomic E-state index is -0.424. The molecule has 132 valence electrons. The largest absolute Gasteiger partial charge is 0.498 e. The molecule has 3 aromatic rings. The molecule has 0 saturated carbocycles. The summed E-state index contributed by atoms with van der Waals surface area (Å²) in [5.41, 5.74) is 1.36. The maximum Gasteiger partial charge on any atom is 0.498 e. The van der Waals surface area contributed by atoms with Crippen LogP contribution in [0.1, 0.15) is 39.1 Å². The maximum absolute atomic E-state index is 6.06. The Morgan fingerprint density at radius 1 is 0.846 bits per heavy atom. The number of fused-ring (bicyclic) bond motifs is 1. The first-order valence-corrected chi connectivity index (χ1v) is 8.99. The number of benzene rings is 2. The van der Waals surface area contributed by atoms with Crippen molar-refractivity contribution in [1.82, 2.24) is 9.97 Å². The topological polar surface area (TPSA) is 44.2 Å². The second kappa shape index (κ2) is 6.18. The summed E-state index contributed by atoms with van der Waals surface area (Å²) in [6.45, 7) is 8.18. The lowest BCUT2D eigenvalue weighted by atomic mass is 9.81. The van der Waals surface area contributed by atoms with Crippen molar-refractivity contribution in [3.8, 4) is 0 Å². The molecule has 0 N–H and O–H groups in total. The fourth-order valence-electron chi connectivity index (χ4n) is 3.17. The lowest BCUT2D eigenvalue weighted by molar-refractivity contribution is 0.00578. The summed E-state index contributed by atoms with van der Waals surface area (Å²) in [6.07, 6.45) is 4.33. The molecule has 0 aliphatic carbocycles. The molecule has 2 heterocycles. The van der Waals surface area contributed by atoms with Crippen molar-refractivity contribution in [2.24, 2.45) is 0 Å². The predicted octanol–water partition coefficient (Wildman–Crippen LogP) is 3.52. The van der Waals surface area contributed by atoms with E-state index in [1.807, 2.05) is 40.1 Å². The first-order chi connectivity index (χ1) is 12.4. The van der Waals surface area contributed by atoms with Gasteiger partial charge in [0.1, 0.15) is 5.82 Å². The Morgan fingerprint density at radius 2 is 1.46 bits per heavy atom. The summed E-state index contributed by atoms with van der Waals surface area (Å²) in [5, 5.41) is 2.48. The lowest BCUT2D eigenvalue weighted by Crippen LogP contribution is -2.41. The average Bonchev–Trinajstić information content (AvgIpc) is 2.84. The molecule has 2 aromatic carbocycles. The fraction of sp³-hybridized carbons (Fsp3) is 0.333. The zero-order chi connectivity index (χ0) is 18.4. The van der Waals surface area contributed by atoms with Gasteiger partial charge in [-0.25, -0.2) is 9.97 Å². The van der Waals surface area contributed by atoms with E-state index in [-0.39, 0.29) is 11.2 Å². The molecule has 1 fully saturated rings. The monoisotopic (exact) mass is 346 g/mol. The summed E-state index contributed by atoms with van der Waals surface area (Å²) in [4.78, 5) is 9.10. The van der Waals surface area contributed by atoms with Crippen LogP contribution < -0.4 is 5.46 Å². The van der Waals surface area contributed by atoms with Gasteiger partial charge in [-0.15, -0.1) is 0 Å². The van der Waals surface area contributed by atoms with Gasteiger partial charge in [-0.1, -0.05) is 42.5 Å². The van der Waals surface area contributed by atoms with E-state index in [4.69, 9.17) is 9.31 Å². The van der Waals surface area contributed by atoms with Gasteiger partial charge in [0.15, 0.2) is 0 Å². The molecule has 4 rings (SSSR count). The van der Waals surface area contributed by atoms with Crippen molar-refractivity contribution < 1.29 is 9.31 Å². The van der Waals surface area contributed by atoms with Gasteiger partial charge < -0.3 is 9.31 Å². The van der Waals surface area contributed by atoms with E-state index < -0.39 is 7.12 Å². The van der Waals surface area contributed by atoms with Crippen LogP contribution in [-0.4, -0.2) is 28.3 Å². The highest BCUT2D eigenvalue weighted by Gasteiger charge is 2.51. The maximum atomic E-state index is 6.06. The zero-order valence-electron chi connectivity index (χ0n) is 15.7. The molecule has 1 aromatic heterocycles. The molecule has 1 aliphatic rings. The first-order valence-electron chi connectivity index (χ1n) is 8.99. The zero-order valence-corrected chi connectivity index (χ0v) is 15.7. The van der Waals surface area contributed by atoms with Gasteiger partial charge in [0, 0.05) is 24.3 Å². The minimum absolute atomic E-state index is 0.362. The lowest BCUT2D eigenvalue weighted by Gasteiger charge is -2.32. The van der Waals surface area contributed by atoms with Gasteiger partial charge >= 0.3 is 7.12 Å². The smallest absolute Gasteiger partial charge is 0.399 e. The van der Waals surface area contributed by atoms with E-state index in [1.165, 1.54) is 16.3 Å². The van der Waals surface area contributed by atoms with E-state index in [1.54, 1.807) is 0 Å². The number of hydrogen-bond acceptors (Lipinski definition) is 4. The number of hydrogen-bond donors (Lipinski definition) is 0. The summed E-state index contributed by atoms with van der Waals surface area (Å²) in [6, 6.07) is 14.7. The van der Waals surface area contributed by atoms with Crippen LogP contribution in [0, 0.1) is 0 Å². The minimum Gasteiger partial charge on any atom is -0.399 e. The molecule has 0 atom stereocenters.